The number of benzene rings is 1. The van der Waals surface area contributed by atoms with Gasteiger partial charge in [-0.05, 0) is 43.0 Å². The van der Waals surface area contributed by atoms with E-state index in [0.717, 1.165) is 12.8 Å². The zero-order valence-corrected chi connectivity index (χ0v) is 14.8. The first kappa shape index (κ1) is 17.3. The number of esters is 1. The van der Waals surface area contributed by atoms with Crippen LogP contribution in [0, 0.1) is 5.92 Å². The van der Waals surface area contributed by atoms with E-state index < -0.39 is 0 Å². The maximum absolute atomic E-state index is 12.9. The highest BCUT2D eigenvalue weighted by atomic mass is 16.5. The summed E-state index contributed by atoms with van der Waals surface area (Å²) < 4.78 is 12.3. The first-order chi connectivity index (χ1) is 13.2. The van der Waals surface area contributed by atoms with Crippen molar-refractivity contribution in [2.24, 2.45) is 5.92 Å². The maximum Gasteiger partial charge on any atom is 0.306 e. The third-order valence-electron chi connectivity index (χ3n) is 4.74. The minimum Gasteiger partial charge on any atom is -0.467 e. The number of carbonyl (C=O) groups excluding carboxylic acids is 1. The molecule has 6 nitrogen and oxygen atoms in total. The standard InChI is InChI=1S/C21H20N2O4/c24-20(12-15-6-1-2-7-15)27-14-19-22-18-10-4-3-9-17(18)21(25)23(19)13-16-8-5-11-26-16/h1,3-6,8-11,15H,2,7,12-14H2/t15-/m1/s1. The number of furan rings is 1. The van der Waals surface area contributed by atoms with E-state index in [0.29, 0.717) is 28.9 Å². The highest BCUT2D eigenvalue weighted by molar-refractivity contribution is 5.77. The SMILES string of the molecule is O=C(C[C@@H]1C=CCC1)OCc1nc2ccccc2c(=O)n1Cc1ccco1. The second-order valence-corrected chi connectivity index (χ2v) is 6.65. The van der Waals surface area contributed by atoms with E-state index in [9.17, 15) is 9.59 Å². The largest absolute Gasteiger partial charge is 0.467 e. The van der Waals surface area contributed by atoms with Crippen molar-refractivity contribution in [2.45, 2.75) is 32.4 Å². The van der Waals surface area contributed by atoms with Crippen LogP contribution in [0.25, 0.3) is 10.9 Å². The van der Waals surface area contributed by atoms with Gasteiger partial charge in [0.1, 0.15) is 12.4 Å². The van der Waals surface area contributed by atoms with Crippen LogP contribution >= 0.6 is 0 Å². The Morgan fingerprint density at radius 3 is 2.93 bits per heavy atom. The third-order valence-corrected chi connectivity index (χ3v) is 4.74. The molecule has 0 spiro atoms. The molecule has 1 aliphatic carbocycles. The van der Waals surface area contributed by atoms with E-state index in [-0.39, 0.29) is 30.6 Å². The lowest BCUT2D eigenvalue weighted by Crippen LogP contribution is -2.27. The van der Waals surface area contributed by atoms with Gasteiger partial charge in [-0.25, -0.2) is 4.98 Å². The monoisotopic (exact) mass is 364 g/mol. The van der Waals surface area contributed by atoms with Crippen LogP contribution in [0.15, 0.2) is 64.0 Å². The highest BCUT2D eigenvalue weighted by Gasteiger charge is 2.17. The Morgan fingerprint density at radius 1 is 1.26 bits per heavy atom. The summed E-state index contributed by atoms with van der Waals surface area (Å²) in [5, 5.41) is 0.523. The fourth-order valence-electron chi connectivity index (χ4n) is 3.33. The number of ether oxygens (including phenoxy) is 1. The van der Waals surface area contributed by atoms with Crippen molar-refractivity contribution in [2.75, 3.05) is 0 Å². The smallest absolute Gasteiger partial charge is 0.306 e. The minimum atomic E-state index is -0.279. The number of para-hydroxylation sites is 1. The molecule has 0 aliphatic heterocycles. The fraction of sp³-hybridized carbons (Fsp3) is 0.286. The summed E-state index contributed by atoms with van der Waals surface area (Å²) in [7, 11) is 0. The number of rotatable bonds is 6. The topological polar surface area (TPSA) is 74.3 Å². The number of fused-ring (bicyclic) bond motifs is 1. The molecule has 0 N–H and O–H groups in total. The van der Waals surface area contributed by atoms with E-state index in [1.807, 2.05) is 6.07 Å². The number of aromatic nitrogens is 2. The summed E-state index contributed by atoms with van der Waals surface area (Å²) in [5.74, 6) is 1.01. The molecule has 2 heterocycles. The van der Waals surface area contributed by atoms with Crippen LogP contribution in [0.1, 0.15) is 30.8 Å². The van der Waals surface area contributed by atoms with Crippen LogP contribution < -0.4 is 5.56 Å². The lowest BCUT2D eigenvalue weighted by Gasteiger charge is -2.13. The molecule has 1 aromatic carbocycles. The minimum absolute atomic E-state index is 0.0456. The number of nitrogens with zero attached hydrogens (tertiary/aromatic N) is 2. The lowest BCUT2D eigenvalue weighted by atomic mass is 10.1. The van der Waals surface area contributed by atoms with Crippen molar-refractivity contribution in [3.8, 4) is 0 Å². The third kappa shape index (κ3) is 3.84. The Bertz CT molecular complexity index is 1030. The van der Waals surface area contributed by atoms with Gasteiger partial charge in [-0.3, -0.25) is 14.2 Å². The van der Waals surface area contributed by atoms with E-state index in [4.69, 9.17) is 9.15 Å². The molecule has 4 rings (SSSR count). The van der Waals surface area contributed by atoms with Crippen LogP contribution in [-0.2, 0) is 22.7 Å². The molecule has 0 saturated carbocycles. The summed E-state index contributed by atoms with van der Waals surface area (Å²) in [6.45, 7) is 0.192. The molecular weight excluding hydrogens is 344 g/mol. The van der Waals surface area contributed by atoms with E-state index in [2.05, 4.69) is 17.1 Å². The van der Waals surface area contributed by atoms with Gasteiger partial charge in [0, 0.05) is 0 Å². The van der Waals surface area contributed by atoms with Crippen molar-refractivity contribution >= 4 is 16.9 Å². The first-order valence-electron chi connectivity index (χ1n) is 9.04. The zero-order valence-electron chi connectivity index (χ0n) is 14.8. The molecule has 0 fully saturated rings. The first-order valence-corrected chi connectivity index (χ1v) is 9.04. The van der Waals surface area contributed by atoms with Gasteiger partial charge in [0.15, 0.2) is 5.82 Å². The van der Waals surface area contributed by atoms with Crippen molar-refractivity contribution in [3.05, 3.63) is 76.8 Å². The Hall–Kier alpha value is -3.15. The molecule has 0 amide bonds. The molecule has 0 saturated heterocycles. The van der Waals surface area contributed by atoms with Crippen LogP contribution in [0.2, 0.25) is 0 Å². The molecule has 1 atom stereocenters. The molecule has 27 heavy (non-hydrogen) atoms. The number of hydrogen-bond acceptors (Lipinski definition) is 5. The van der Waals surface area contributed by atoms with E-state index in [1.54, 1.807) is 36.6 Å². The van der Waals surface area contributed by atoms with E-state index in [1.165, 1.54) is 4.57 Å². The molecular formula is C21H20N2O4. The van der Waals surface area contributed by atoms with Crippen LogP contribution in [0.5, 0.6) is 0 Å². The Balaban J connectivity index is 1.60. The number of carbonyl (C=O) groups is 1. The summed E-state index contributed by atoms with van der Waals surface area (Å²) >= 11 is 0. The molecule has 3 aromatic rings. The predicted molar refractivity (Wildman–Crippen MR) is 100 cm³/mol. The van der Waals surface area contributed by atoms with Gasteiger partial charge in [0.25, 0.3) is 5.56 Å². The second-order valence-electron chi connectivity index (χ2n) is 6.65. The molecule has 138 valence electrons. The predicted octanol–water partition coefficient (Wildman–Crippen LogP) is 3.44. The zero-order chi connectivity index (χ0) is 18.6. The Morgan fingerprint density at radius 2 is 2.15 bits per heavy atom. The summed E-state index contributed by atoms with van der Waals surface area (Å²) in [6, 6.07) is 10.7. The van der Waals surface area contributed by atoms with Crippen molar-refractivity contribution in [1.29, 1.82) is 0 Å². The maximum atomic E-state index is 12.9. The number of allylic oxidation sites excluding steroid dienone is 2. The number of hydrogen-bond donors (Lipinski definition) is 0. The van der Waals surface area contributed by atoms with Gasteiger partial charge in [-0.2, -0.15) is 0 Å². The average molecular weight is 364 g/mol. The van der Waals surface area contributed by atoms with Gasteiger partial charge in [-0.15, -0.1) is 0 Å². The molecule has 1 aliphatic rings. The fourth-order valence-corrected chi connectivity index (χ4v) is 3.33. The summed E-state index contributed by atoms with van der Waals surface area (Å²) in [5.41, 5.74) is 0.407. The van der Waals surface area contributed by atoms with Gasteiger partial charge in [0.05, 0.1) is 30.1 Å². The van der Waals surface area contributed by atoms with Crippen molar-refractivity contribution in [1.82, 2.24) is 9.55 Å². The van der Waals surface area contributed by atoms with Crippen molar-refractivity contribution < 1.29 is 13.9 Å². The van der Waals surface area contributed by atoms with Gasteiger partial charge < -0.3 is 9.15 Å². The Kier molecular flexibility index (Phi) is 4.87. The lowest BCUT2D eigenvalue weighted by molar-refractivity contribution is -0.146. The Labute approximate surface area is 156 Å². The van der Waals surface area contributed by atoms with Crippen LogP contribution in [-0.4, -0.2) is 15.5 Å². The van der Waals surface area contributed by atoms with Crippen molar-refractivity contribution in [3.63, 3.8) is 0 Å². The van der Waals surface area contributed by atoms with Gasteiger partial charge in [0.2, 0.25) is 0 Å². The quantitative estimate of drug-likeness (QED) is 0.495. The molecule has 6 heteroatoms. The normalized spacial score (nSPS) is 16.1. The molecule has 0 unspecified atom stereocenters. The van der Waals surface area contributed by atoms with E-state index >= 15 is 0 Å². The molecule has 0 bridgehead atoms. The van der Waals surface area contributed by atoms with Gasteiger partial charge >= 0.3 is 5.97 Å². The van der Waals surface area contributed by atoms with Crippen LogP contribution in [0.3, 0.4) is 0 Å². The molecule has 0 radical (unpaired) electrons. The summed E-state index contributed by atoms with van der Waals surface area (Å²) in [6.07, 6.45) is 8.04. The summed E-state index contributed by atoms with van der Waals surface area (Å²) in [4.78, 5) is 29.6. The average Bonchev–Trinajstić information content (AvgIpc) is 3.37. The second kappa shape index (κ2) is 7.61. The van der Waals surface area contributed by atoms with Crippen LogP contribution in [0.4, 0.5) is 0 Å². The highest BCUT2D eigenvalue weighted by Crippen LogP contribution is 2.21. The van der Waals surface area contributed by atoms with Gasteiger partial charge in [-0.1, -0.05) is 24.3 Å². The molecule has 2 aromatic heterocycles.